The lowest BCUT2D eigenvalue weighted by atomic mass is 9.88. The van der Waals surface area contributed by atoms with E-state index >= 15 is 0 Å². The Morgan fingerprint density at radius 3 is 1.98 bits per heavy atom. The van der Waals surface area contributed by atoms with Crippen LogP contribution in [0.4, 0.5) is 17.1 Å². The summed E-state index contributed by atoms with van der Waals surface area (Å²) in [6.07, 6.45) is 6.06. The molecule has 0 unspecified atom stereocenters. The molecule has 50 heavy (non-hydrogen) atoms. The Labute approximate surface area is 292 Å². The molecular formula is C45H35N5. The highest BCUT2D eigenvalue weighted by Gasteiger charge is 2.26. The summed E-state index contributed by atoms with van der Waals surface area (Å²) in [7, 11) is 0. The number of para-hydroxylation sites is 2. The zero-order valence-corrected chi connectivity index (χ0v) is 28.1. The maximum absolute atomic E-state index is 4.92. The van der Waals surface area contributed by atoms with Crippen molar-refractivity contribution in [2.75, 3.05) is 4.90 Å². The van der Waals surface area contributed by atoms with Gasteiger partial charge in [-0.2, -0.15) is 0 Å². The molecule has 1 aromatic heterocycles. The fourth-order valence-corrected chi connectivity index (χ4v) is 6.77. The Morgan fingerprint density at radius 2 is 1.26 bits per heavy atom. The van der Waals surface area contributed by atoms with E-state index < -0.39 is 0 Å². The Bertz CT molecular complexity index is 2440. The average molecular weight is 646 g/mol. The summed E-state index contributed by atoms with van der Waals surface area (Å²) in [4.78, 5) is 21.4. The monoisotopic (exact) mass is 645 g/mol. The van der Waals surface area contributed by atoms with Crippen LogP contribution in [0.3, 0.4) is 0 Å². The van der Waals surface area contributed by atoms with Gasteiger partial charge in [-0.15, -0.1) is 0 Å². The number of allylic oxidation sites excluding steroid dienone is 4. The SMILES string of the molecule is C=Nc1ccccc1N1Cc2cc3ccccc3cc2-c2cc(-c3ccc(-c4nc(C(/C=C\C)=C/C)nc(-c5ccccc5)n4)cc3)ccc21. The number of fused-ring (bicyclic) bond motifs is 4. The summed E-state index contributed by atoms with van der Waals surface area (Å²) in [6.45, 7) is 8.61. The summed E-state index contributed by atoms with van der Waals surface area (Å²) in [6, 6.07) is 46.8. The molecule has 0 bridgehead atoms. The van der Waals surface area contributed by atoms with E-state index in [1.165, 1.54) is 27.5 Å². The predicted octanol–water partition coefficient (Wildman–Crippen LogP) is 11.7. The molecule has 6 aromatic carbocycles. The van der Waals surface area contributed by atoms with Crippen molar-refractivity contribution in [1.82, 2.24) is 15.0 Å². The van der Waals surface area contributed by atoms with E-state index in [4.69, 9.17) is 15.0 Å². The van der Waals surface area contributed by atoms with E-state index in [-0.39, 0.29) is 0 Å². The number of anilines is 2. The van der Waals surface area contributed by atoms with Crippen LogP contribution in [0.15, 0.2) is 157 Å². The third-order valence-corrected chi connectivity index (χ3v) is 9.28. The van der Waals surface area contributed by atoms with Crippen molar-refractivity contribution in [3.8, 4) is 45.0 Å². The van der Waals surface area contributed by atoms with E-state index in [9.17, 15) is 0 Å². The first kappa shape index (κ1) is 30.8. The zero-order valence-electron chi connectivity index (χ0n) is 28.1. The lowest BCUT2D eigenvalue weighted by Gasteiger charge is -2.34. The minimum Gasteiger partial charge on any atom is -0.335 e. The number of benzene rings is 6. The molecule has 0 saturated heterocycles. The van der Waals surface area contributed by atoms with Gasteiger partial charge in [0.2, 0.25) is 0 Å². The van der Waals surface area contributed by atoms with Gasteiger partial charge in [0.1, 0.15) is 0 Å². The first-order chi connectivity index (χ1) is 24.6. The van der Waals surface area contributed by atoms with Crippen molar-refractivity contribution in [2.24, 2.45) is 4.99 Å². The number of nitrogens with zero attached hydrogens (tertiary/aromatic N) is 5. The highest BCUT2D eigenvalue weighted by molar-refractivity contribution is 5.97. The molecule has 0 N–H and O–H groups in total. The Morgan fingerprint density at radius 1 is 0.620 bits per heavy atom. The number of aromatic nitrogens is 3. The molecule has 0 atom stereocenters. The van der Waals surface area contributed by atoms with E-state index in [1.54, 1.807) is 0 Å². The highest BCUT2D eigenvalue weighted by atomic mass is 15.2. The van der Waals surface area contributed by atoms with Gasteiger partial charge in [-0.3, -0.25) is 4.99 Å². The first-order valence-electron chi connectivity index (χ1n) is 16.8. The molecule has 5 nitrogen and oxygen atoms in total. The highest BCUT2D eigenvalue weighted by Crippen LogP contribution is 2.47. The van der Waals surface area contributed by atoms with Crippen molar-refractivity contribution >= 4 is 40.1 Å². The normalized spacial score (nSPS) is 12.6. The average Bonchev–Trinajstić information content (AvgIpc) is 3.19. The fraction of sp³-hybridized carbons (Fsp3) is 0.0667. The van der Waals surface area contributed by atoms with Crippen LogP contribution in [0.25, 0.3) is 61.4 Å². The summed E-state index contributed by atoms with van der Waals surface area (Å²) >= 11 is 0. The maximum Gasteiger partial charge on any atom is 0.164 e. The van der Waals surface area contributed by atoms with Crippen molar-refractivity contribution in [3.05, 3.63) is 163 Å². The Balaban J connectivity index is 1.22. The molecular weight excluding hydrogens is 611 g/mol. The second-order valence-electron chi connectivity index (χ2n) is 12.3. The zero-order chi connectivity index (χ0) is 34.0. The Kier molecular flexibility index (Phi) is 8.15. The van der Waals surface area contributed by atoms with Gasteiger partial charge in [0.25, 0.3) is 0 Å². The molecule has 1 aliphatic rings. The number of hydrogen-bond acceptors (Lipinski definition) is 5. The summed E-state index contributed by atoms with van der Waals surface area (Å²) in [5.41, 5.74) is 11.9. The van der Waals surface area contributed by atoms with Gasteiger partial charge in [-0.25, -0.2) is 15.0 Å². The van der Waals surface area contributed by atoms with E-state index in [2.05, 4.69) is 108 Å². The van der Waals surface area contributed by atoms with Gasteiger partial charge in [0.15, 0.2) is 17.5 Å². The van der Waals surface area contributed by atoms with Crippen molar-refractivity contribution in [1.29, 1.82) is 0 Å². The lowest BCUT2D eigenvalue weighted by molar-refractivity contribution is 0.963. The van der Waals surface area contributed by atoms with Crippen LogP contribution in [-0.4, -0.2) is 21.7 Å². The molecule has 7 aromatic rings. The van der Waals surface area contributed by atoms with Crippen LogP contribution in [0.1, 0.15) is 25.2 Å². The molecule has 0 saturated carbocycles. The molecule has 1 aliphatic heterocycles. The topological polar surface area (TPSA) is 54.3 Å². The summed E-state index contributed by atoms with van der Waals surface area (Å²) < 4.78 is 0. The van der Waals surface area contributed by atoms with Gasteiger partial charge in [-0.05, 0) is 90.0 Å². The number of hydrogen-bond donors (Lipinski definition) is 0. The quantitative estimate of drug-likeness (QED) is 0.128. The van der Waals surface area contributed by atoms with E-state index in [0.29, 0.717) is 17.5 Å². The molecule has 0 aliphatic carbocycles. The van der Waals surface area contributed by atoms with Crippen LogP contribution >= 0.6 is 0 Å². The van der Waals surface area contributed by atoms with Gasteiger partial charge in [0.05, 0.1) is 11.4 Å². The molecule has 0 fully saturated rings. The maximum atomic E-state index is 4.92. The van der Waals surface area contributed by atoms with Gasteiger partial charge < -0.3 is 4.90 Å². The van der Waals surface area contributed by atoms with Gasteiger partial charge >= 0.3 is 0 Å². The first-order valence-corrected chi connectivity index (χ1v) is 16.8. The third kappa shape index (κ3) is 5.69. The summed E-state index contributed by atoms with van der Waals surface area (Å²) in [5, 5.41) is 2.47. The van der Waals surface area contributed by atoms with Crippen LogP contribution < -0.4 is 4.90 Å². The molecule has 0 amide bonds. The lowest BCUT2D eigenvalue weighted by Crippen LogP contribution is -2.21. The molecule has 5 heteroatoms. The Hall–Kier alpha value is -6.46. The molecule has 8 rings (SSSR count). The standard InChI is InChI=1S/C45H35N5/c1-4-13-30(5-2)43-47-44(32-14-7-6-8-15-32)49-45(48-43)33-22-20-31(21-23-33)36-24-25-41-39(28-36)38-27-35-17-10-9-16-34(35)26-37(38)29-50(41)42-19-12-11-18-40(42)46-3/h4-28H,3,29H2,1-2H3/b13-4-,30-5+. The second kappa shape index (κ2) is 13.2. The minimum absolute atomic E-state index is 0.639. The smallest absolute Gasteiger partial charge is 0.164 e. The van der Waals surface area contributed by atoms with Crippen molar-refractivity contribution < 1.29 is 0 Å². The second-order valence-corrected chi connectivity index (χ2v) is 12.3. The van der Waals surface area contributed by atoms with E-state index in [0.717, 1.165) is 51.4 Å². The van der Waals surface area contributed by atoms with Crippen LogP contribution in [0.5, 0.6) is 0 Å². The number of aliphatic imine (C=N–C) groups is 1. The minimum atomic E-state index is 0.639. The predicted molar refractivity (Wildman–Crippen MR) is 209 cm³/mol. The molecule has 0 spiro atoms. The van der Waals surface area contributed by atoms with Crippen molar-refractivity contribution in [2.45, 2.75) is 20.4 Å². The number of rotatable bonds is 7. The van der Waals surface area contributed by atoms with Crippen LogP contribution in [0, 0.1) is 0 Å². The molecule has 0 radical (unpaired) electrons. The largest absolute Gasteiger partial charge is 0.335 e. The third-order valence-electron chi connectivity index (χ3n) is 9.28. The van der Waals surface area contributed by atoms with Crippen LogP contribution in [-0.2, 0) is 6.54 Å². The van der Waals surface area contributed by atoms with Gasteiger partial charge in [-0.1, -0.05) is 115 Å². The van der Waals surface area contributed by atoms with Crippen LogP contribution in [0.2, 0.25) is 0 Å². The van der Waals surface area contributed by atoms with Gasteiger partial charge in [0, 0.05) is 34.5 Å². The van der Waals surface area contributed by atoms with E-state index in [1.807, 2.05) is 74.5 Å². The fourth-order valence-electron chi connectivity index (χ4n) is 6.77. The molecule has 240 valence electrons. The molecule has 2 heterocycles. The van der Waals surface area contributed by atoms with Crippen molar-refractivity contribution in [3.63, 3.8) is 0 Å². The summed E-state index contributed by atoms with van der Waals surface area (Å²) in [5.74, 6) is 1.94.